The molecule has 2 rings (SSSR count). The van der Waals surface area contributed by atoms with Crippen LogP contribution in [0.1, 0.15) is 28.4 Å². The Hall–Kier alpha value is -1.07. The number of anilines is 1. The number of carbonyl (C=O) groups excluding carboxylic acids is 1. The Bertz CT molecular complexity index is 420. The molecule has 0 unspecified atom stereocenters. The minimum atomic E-state index is -0.248. The standard InChI is InChI=1S/C12H18N2O2S/c1-8-9(13)6-10(17-8)11(15)14-4-5-16-7-12(14,2)3/h6H,4-5,7,13H2,1-3H3. The Labute approximate surface area is 105 Å². The number of morpholine rings is 1. The van der Waals surface area contributed by atoms with E-state index >= 15 is 0 Å². The van der Waals surface area contributed by atoms with E-state index in [0.29, 0.717) is 25.4 Å². The summed E-state index contributed by atoms with van der Waals surface area (Å²) >= 11 is 1.46. The van der Waals surface area contributed by atoms with E-state index in [4.69, 9.17) is 10.5 Å². The summed E-state index contributed by atoms with van der Waals surface area (Å²) in [7, 11) is 0. The zero-order valence-electron chi connectivity index (χ0n) is 10.4. The first-order valence-electron chi connectivity index (χ1n) is 5.67. The van der Waals surface area contributed by atoms with Gasteiger partial charge in [0.1, 0.15) is 0 Å². The minimum absolute atomic E-state index is 0.0584. The first-order chi connectivity index (χ1) is 7.92. The minimum Gasteiger partial charge on any atom is -0.398 e. The molecule has 1 amide bonds. The van der Waals surface area contributed by atoms with Gasteiger partial charge in [-0.3, -0.25) is 4.79 Å². The molecule has 1 aliphatic rings. The molecule has 0 spiro atoms. The number of ether oxygens (including phenoxy) is 1. The summed E-state index contributed by atoms with van der Waals surface area (Å²) in [5.41, 5.74) is 6.24. The fourth-order valence-corrected chi connectivity index (χ4v) is 2.86. The second-order valence-corrected chi connectivity index (χ2v) is 6.20. The molecule has 94 valence electrons. The maximum absolute atomic E-state index is 12.4. The van der Waals surface area contributed by atoms with Crippen LogP contribution in [0, 0.1) is 6.92 Å². The summed E-state index contributed by atoms with van der Waals surface area (Å²) < 4.78 is 5.41. The molecule has 1 aromatic heterocycles. The molecule has 0 atom stereocenters. The van der Waals surface area contributed by atoms with Crippen LogP contribution < -0.4 is 5.73 Å². The lowest BCUT2D eigenvalue weighted by Crippen LogP contribution is -2.55. The molecule has 0 aromatic carbocycles. The number of nitrogen functional groups attached to an aromatic ring is 1. The predicted octanol–water partition coefficient (Wildman–Crippen LogP) is 1.89. The third-order valence-electron chi connectivity index (χ3n) is 3.06. The highest BCUT2D eigenvalue weighted by Crippen LogP contribution is 2.28. The average molecular weight is 254 g/mol. The van der Waals surface area contributed by atoms with Crippen molar-refractivity contribution in [1.29, 1.82) is 0 Å². The molecule has 4 nitrogen and oxygen atoms in total. The monoisotopic (exact) mass is 254 g/mol. The number of hydrogen-bond donors (Lipinski definition) is 1. The van der Waals surface area contributed by atoms with Gasteiger partial charge in [0.2, 0.25) is 0 Å². The largest absolute Gasteiger partial charge is 0.398 e. The van der Waals surface area contributed by atoms with Crippen molar-refractivity contribution in [2.75, 3.05) is 25.5 Å². The van der Waals surface area contributed by atoms with E-state index in [9.17, 15) is 4.79 Å². The second-order valence-electron chi connectivity index (χ2n) is 4.94. The normalized spacial score (nSPS) is 19.4. The number of hydrogen-bond acceptors (Lipinski definition) is 4. The van der Waals surface area contributed by atoms with Gasteiger partial charge < -0.3 is 15.4 Å². The Morgan fingerprint density at radius 3 is 2.82 bits per heavy atom. The Morgan fingerprint density at radius 1 is 1.59 bits per heavy atom. The fourth-order valence-electron chi connectivity index (χ4n) is 1.97. The molecule has 1 aromatic rings. The zero-order chi connectivity index (χ0) is 12.6. The number of aryl methyl sites for hydroxylation is 1. The van der Waals surface area contributed by atoms with Gasteiger partial charge in [-0.2, -0.15) is 0 Å². The summed E-state index contributed by atoms with van der Waals surface area (Å²) in [5.74, 6) is 0.0584. The van der Waals surface area contributed by atoms with E-state index in [1.54, 1.807) is 6.07 Å². The first kappa shape index (κ1) is 12.4. The lowest BCUT2D eigenvalue weighted by Gasteiger charge is -2.41. The van der Waals surface area contributed by atoms with Crippen LogP contribution in [0.3, 0.4) is 0 Å². The van der Waals surface area contributed by atoms with Gasteiger partial charge in [0, 0.05) is 17.1 Å². The number of nitrogens with two attached hydrogens (primary N) is 1. The van der Waals surface area contributed by atoms with Crippen LogP contribution in [0.15, 0.2) is 6.07 Å². The Kier molecular flexibility index (Phi) is 3.14. The van der Waals surface area contributed by atoms with Gasteiger partial charge in [-0.25, -0.2) is 0 Å². The van der Waals surface area contributed by atoms with E-state index < -0.39 is 0 Å². The van der Waals surface area contributed by atoms with Gasteiger partial charge in [-0.1, -0.05) is 0 Å². The van der Waals surface area contributed by atoms with Gasteiger partial charge in [0.05, 0.1) is 23.6 Å². The number of rotatable bonds is 1. The van der Waals surface area contributed by atoms with Crippen molar-refractivity contribution in [2.24, 2.45) is 0 Å². The van der Waals surface area contributed by atoms with Crippen molar-refractivity contribution in [3.8, 4) is 0 Å². The number of carbonyl (C=O) groups is 1. The summed E-state index contributed by atoms with van der Waals surface area (Å²) in [6, 6.07) is 1.77. The predicted molar refractivity (Wildman–Crippen MR) is 69.4 cm³/mol. The highest BCUT2D eigenvalue weighted by molar-refractivity contribution is 7.14. The number of thiophene rings is 1. The molecule has 0 bridgehead atoms. The Balaban J connectivity index is 2.24. The summed E-state index contributed by atoms with van der Waals surface area (Å²) in [6.45, 7) is 7.80. The highest BCUT2D eigenvalue weighted by atomic mass is 32.1. The van der Waals surface area contributed by atoms with Crippen LogP contribution in [-0.2, 0) is 4.74 Å². The molecule has 1 aliphatic heterocycles. The van der Waals surface area contributed by atoms with Crippen LogP contribution in [0.2, 0.25) is 0 Å². The smallest absolute Gasteiger partial charge is 0.264 e. The summed E-state index contributed by atoms with van der Waals surface area (Å²) in [6.07, 6.45) is 0. The quantitative estimate of drug-likeness (QED) is 0.832. The third-order valence-corrected chi connectivity index (χ3v) is 4.11. The van der Waals surface area contributed by atoms with Gasteiger partial charge in [0.15, 0.2) is 0 Å². The molecular formula is C12H18N2O2S. The van der Waals surface area contributed by atoms with Gasteiger partial charge in [-0.05, 0) is 26.8 Å². The number of nitrogens with zero attached hydrogens (tertiary/aromatic N) is 1. The Morgan fingerprint density at radius 2 is 2.29 bits per heavy atom. The summed E-state index contributed by atoms with van der Waals surface area (Å²) in [5, 5.41) is 0. The van der Waals surface area contributed by atoms with Crippen molar-refractivity contribution < 1.29 is 9.53 Å². The van der Waals surface area contributed by atoms with Crippen molar-refractivity contribution in [1.82, 2.24) is 4.90 Å². The molecule has 17 heavy (non-hydrogen) atoms. The van der Waals surface area contributed by atoms with Crippen molar-refractivity contribution in [3.05, 3.63) is 15.8 Å². The molecule has 0 aliphatic carbocycles. The molecule has 2 heterocycles. The molecule has 5 heteroatoms. The van der Waals surface area contributed by atoms with E-state index in [2.05, 4.69) is 0 Å². The van der Waals surface area contributed by atoms with Gasteiger partial charge >= 0.3 is 0 Å². The second kappa shape index (κ2) is 4.31. The lowest BCUT2D eigenvalue weighted by molar-refractivity contribution is -0.0368. The van der Waals surface area contributed by atoms with Crippen LogP contribution in [-0.4, -0.2) is 36.1 Å². The molecule has 1 saturated heterocycles. The SMILES string of the molecule is Cc1sc(C(=O)N2CCOCC2(C)C)cc1N. The van der Waals surface area contributed by atoms with E-state index in [1.807, 2.05) is 25.7 Å². The van der Waals surface area contributed by atoms with Crippen LogP contribution >= 0.6 is 11.3 Å². The maximum Gasteiger partial charge on any atom is 0.264 e. The highest BCUT2D eigenvalue weighted by Gasteiger charge is 2.35. The molecular weight excluding hydrogens is 236 g/mol. The molecule has 0 saturated carbocycles. The zero-order valence-corrected chi connectivity index (χ0v) is 11.3. The topological polar surface area (TPSA) is 55.6 Å². The first-order valence-corrected chi connectivity index (χ1v) is 6.49. The van der Waals surface area contributed by atoms with Crippen molar-refractivity contribution in [2.45, 2.75) is 26.3 Å². The van der Waals surface area contributed by atoms with Gasteiger partial charge in [0.25, 0.3) is 5.91 Å². The van der Waals surface area contributed by atoms with E-state index in [0.717, 1.165) is 9.75 Å². The van der Waals surface area contributed by atoms with Crippen molar-refractivity contribution in [3.63, 3.8) is 0 Å². The maximum atomic E-state index is 12.4. The van der Waals surface area contributed by atoms with Crippen LogP contribution in [0.5, 0.6) is 0 Å². The number of amides is 1. The third kappa shape index (κ3) is 2.30. The molecule has 0 radical (unpaired) electrons. The van der Waals surface area contributed by atoms with Crippen molar-refractivity contribution >= 4 is 22.9 Å². The van der Waals surface area contributed by atoms with Crippen LogP contribution in [0.25, 0.3) is 0 Å². The van der Waals surface area contributed by atoms with Gasteiger partial charge in [-0.15, -0.1) is 11.3 Å². The average Bonchev–Trinajstić information content (AvgIpc) is 2.58. The summed E-state index contributed by atoms with van der Waals surface area (Å²) in [4.78, 5) is 16.0. The molecule has 1 fully saturated rings. The fraction of sp³-hybridized carbons (Fsp3) is 0.583. The van der Waals surface area contributed by atoms with E-state index in [1.165, 1.54) is 11.3 Å². The molecule has 2 N–H and O–H groups in total. The van der Waals surface area contributed by atoms with E-state index in [-0.39, 0.29) is 11.4 Å². The lowest BCUT2D eigenvalue weighted by atomic mass is 10.0. The van der Waals surface area contributed by atoms with Crippen LogP contribution in [0.4, 0.5) is 5.69 Å².